The molecule has 0 aliphatic carbocycles. The molecule has 0 unspecified atom stereocenters. The third-order valence-corrected chi connectivity index (χ3v) is 4.54. The van der Waals surface area contributed by atoms with E-state index in [9.17, 15) is 18.8 Å². The number of ether oxygens (including phenoxy) is 1. The van der Waals surface area contributed by atoms with Crippen molar-refractivity contribution in [2.24, 2.45) is 5.92 Å². The summed E-state index contributed by atoms with van der Waals surface area (Å²) in [5.41, 5.74) is 0.113. The van der Waals surface area contributed by atoms with E-state index >= 15 is 0 Å². The Morgan fingerprint density at radius 3 is 2.61 bits per heavy atom. The van der Waals surface area contributed by atoms with Crippen molar-refractivity contribution in [3.8, 4) is 6.07 Å². The first-order valence-corrected chi connectivity index (χ1v) is 9.21. The molecule has 0 bridgehead atoms. The highest BCUT2D eigenvalue weighted by molar-refractivity contribution is 7.14. The van der Waals surface area contributed by atoms with Crippen LogP contribution in [-0.4, -0.2) is 30.4 Å². The first-order valence-electron chi connectivity index (χ1n) is 8.33. The smallest absolute Gasteiger partial charge is 0.329 e. The van der Waals surface area contributed by atoms with Crippen molar-refractivity contribution < 1.29 is 23.5 Å². The molecule has 0 fully saturated rings. The monoisotopic (exact) mass is 403 g/mol. The zero-order chi connectivity index (χ0) is 20.7. The topological polar surface area (TPSA) is 108 Å². The molecule has 0 radical (unpaired) electrons. The SMILES string of the molecule is CC(C)[C@H](NC(=O)c1ccccc1F)C(=O)OCC(=O)Nc1sccc1C#N. The maximum atomic E-state index is 13.7. The molecule has 1 atom stereocenters. The van der Waals surface area contributed by atoms with Crippen molar-refractivity contribution in [2.75, 3.05) is 11.9 Å². The Bertz CT molecular complexity index is 920. The minimum atomic E-state index is -1.06. The van der Waals surface area contributed by atoms with Crippen LogP contribution < -0.4 is 10.6 Å². The third kappa shape index (κ3) is 5.37. The predicted molar refractivity (Wildman–Crippen MR) is 101 cm³/mol. The van der Waals surface area contributed by atoms with Gasteiger partial charge in [0.05, 0.1) is 11.1 Å². The van der Waals surface area contributed by atoms with Crippen molar-refractivity contribution in [3.63, 3.8) is 0 Å². The van der Waals surface area contributed by atoms with Crippen molar-refractivity contribution >= 4 is 34.1 Å². The van der Waals surface area contributed by atoms with Crippen LogP contribution in [-0.2, 0) is 14.3 Å². The van der Waals surface area contributed by atoms with Gasteiger partial charge in [-0.2, -0.15) is 5.26 Å². The molecule has 146 valence electrons. The van der Waals surface area contributed by atoms with Crippen LogP contribution in [0.4, 0.5) is 9.39 Å². The average Bonchev–Trinajstić information content (AvgIpc) is 3.11. The highest BCUT2D eigenvalue weighted by Crippen LogP contribution is 2.21. The van der Waals surface area contributed by atoms with E-state index in [1.807, 2.05) is 6.07 Å². The van der Waals surface area contributed by atoms with E-state index in [4.69, 9.17) is 10.00 Å². The highest BCUT2D eigenvalue weighted by Gasteiger charge is 2.27. The molecule has 9 heteroatoms. The second kappa shape index (κ2) is 9.62. The van der Waals surface area contributed by atoms with E-state index in [-0.39, 0.29) is 11.5 Å². The van der Waals surface area contributed by atoms with E-state index < -0.39 is 36.2 Å². The van der Waals surface area contributed by atoms with Gasteiger partial charge in [0, 0.05) is 0 Å². The second-order valence-corrected chi connectivity index (χ2v) is 7.02. The van der Waals surface area contributed by atoms with Gasteiger partial charge in [0.2, 0.25) is 0 Å². The lowest BCUT2D eigenvalue weighted by molar-refractivity contribution is -0.150. The van der Waals surface area contributed by atoms with Crippen molar-refractivity contribution in [2.45, 2.75) is 19.9 Å². The van der Waals surface area contributed by atoms with Gasteiger partial charge in [-0.05, 0) is 29.5 Å². The number of hydrogen-bond acceptors (Lipinski definition) is 6. The molecule has 0 saturated carbocycles. The first kappa shape index (κ1) is 21.1. The summed E-state index contributed by atoms with van der Waals surface area (Å²) in [6, 6.07) is 7.82. The lowest BCUT2D eigenvalue weighted by atomic mass is 10.0. The van der Waals surface area contributed by atoms with Gasteiger partial charge in [0.15, 0.2) is 6.61 Å². The summed E-state index contributed by atoms with van der Waals surface area (Å²) < 4.78 is 18.7. The van der Waals surface area contributed by atoms with Gasteiger partial charge in [-0.15, -0.1) is 11.3 Å². The van der Waals surface area contributed by atoms with Gasteiger partial charge in [-0.1, -0.05) is 26.0 Å². The van der Waals surface area contributed by atoms with E-state index in [0.717, 1.165) is 6.07 Å². The molecule has 28 heavy (non-hydrogen) atoms. The number of anilines is 1. The fraction of sp³-hybridized carbons (Fsp3) is 0.263. The highest BCUT2D eigenvalue weighted by atomic mass is 32.1. The van der Waals surface area contributed by atoms with Gasteiger partial charge in [-0.3, -0.25) is 9.59 Å². The molecular formula is C19H18FN3O4S. The number of amides is 2. The summed E-state index contributed by atoms with van der Waals surface area (Å²) in [6.45, 7) is 2.78. The standard InChI is InChI=1S/C19H18FN3O4S/c1-11(2)16(23-17(25)13-5-3-4-6-14(13)20)19(26)27-10-15(24)22-18-12(9-21)7-8-28-18/h3-8,11,16H,10H2,1-2H3,(H,22,24)(H,23,25)/t16-/m0/s1. The Morgan fingerprint density at radius 2 is 1.96 bits per heavy atom. The number of nitrogens with one attached hydrogen (secondary N) is 2. The zero-order valence-corrected chi connectivity index (χ0v) is 16.0. The maximum absolute atomic E-state index is 13.7. The van der Waals surface area contributed by atoms with E-state index in [1.165, 1.54) is 29.5 Å². The molecule has 7 nitrogen and oxygen atoms in total. The number of thiophene rings is 1. The summed E-state index contributed by atoms with van der Waals surface area (Å²) in [5.74, 6) is -3.25. The number of carbonyl (C=O) groups excluding carboxylic acids is 3. The first-order chi connectivity index (χ1) is 13.3. The summed E-state index contributed by atoms with van der Waals surface area (Å²) in [5, 5.41) is 15.8. The molecule has 2 N–H and O–H groups in total. The molecule has 1 heterocycles. The zero-order valence-electron chi connectivity index (χ0n) is 15.2. The summed E-state index contributed by atoms with van der Waals surface area (Å²) in [4.78, 5) is 36.5. The van der Waals surface area contributed by atoms with Gasteiger partial charge in [0.1, 0.15) is 22.9 Å². The minimum Gasteiger partial charge on any atom is -0.454 e. The summed E-state index contributed by atoms with van der Waals surface area (Å²) in [7, 11) is 0. The number of nitrogens with zero attached hydrogens (tertiary/aromatic N) is 1. The Labute approximate surface area is 165 Å². The Kier molecular flexibility index (Phi) is 7.23. The second-order valence-electron chi connectivity index (χ2n) is 6.11. The fourth-order valence-corrected chi connectivity index (χ4v) is 3.00. The molecule has 2 aromatic rings. The van der Waals surface area contributed by atoms with Crippen molar-refractivity contribution in [1.82, 2.24) is 5.32 Å². The number of halogens is 1. The summed E-state index contributed by atoms with van der Waals surface area (Å²) in [6.07, 6.45) is 0. The van der Waals surface area contributed by atoms with Gasteiger partial charge in [-0.25, -0.2) is 9.18 Å². The molecule has 1 aromatic carbocycles. The molecule has 1 aromatic heterocycles. The van der Waals surface area contributed by atoms with Gasteiger partial charge in [0.25, 0.3) is 11.8 Å². The van der Waals surface area contributed by atoms with Crippen LogP contribution in [0.25, 0.3) is 0 Å². The Hall–Kier alpha value is -3.25. The molecule has 0 saturated heterocycles. The van der Waals surface area contributed by atoms with Crippen LogP contribution in [0.5, 0.6) is 0 Å². The molecule has 2 amide bonds. The van der Waals surface area contributed by atoms with Crippen LogP contribution in [0.3, 0.4) is 0 Å². The van der Waals surface area contributed by atoms with Crippen LogP contribution in [0, 0.1) is 23.1 Å². The molecule has 0 aliphatic heterocycles. The number of nitriles is 1. The number of carbonyl (C=O) groups is 3. The number of benzene rings is 1. The van der Waals surface area contributed by atoms with Crippen molar-refractivity contribution in [3.05, 3.63) is 52.7 Å². The lowest BCUT2D eigenvalue weighted by Gasteiger charge is -2.20. The Balaban J connectivity index is 1.95. The van der Waals surface area contributed by atoms with Crippen molar-refractivity contribution in [1.29, 1.82) is 5.26 Å². The normalized spacial score (nSPS) is 11.4. The average molecular weight is 403 g/mol. The molecule has 2 rings (SSSR count). The largest absolute Gasteiger partial charge is 0.454 e. The minimum absolute atomic E-state index is 0.194. The maximum Gasteiger partial charge on any atom is 0.329 e. The summed E-state index contributed by atoms with van der Waals surface area (Å²) >= 11 is 1.17. The van der Waals surface area contributed by atoms with Gasteiger partial charge >= 0.3 is 5.97 Å². The van der Waals surface area contributed by atoms with E-state index in [1.54, 1.807) is 25.3 Å². The number of esters is 1. The Morgan fingerprint density at radius 1 is 1.25 bits per heavy atom. The predicted octanol–water partition coefficient (Wildman–Crippen LogP) is 2.70. The van der Waals surface area contributed by atoms with E-state index in [0.29, 0.717) is 10.6 Å². The fourth-order valence-electron chi connectivity index (χ4n) is 2.25. The van der Waals surface area contributed by atoms with Gasteiger partial charge < -0.3 is 15.4 Å². The number of rotatable bonds is 7. The number of hydrogen-bond donors (Lipinski definition) is 2. The lowest BCUT2D eigenvalue weighted by Crippen LogP contribution is -2.46. The van der Waals surface area contributed by atoms with Crippen LogP contribution >= 0.6 is 11.3 Å². The molecular weight excluding hydrogens is 385 g/mol. The van der Waals surface area contributed by atoms with Crippen LogP contribution in [0.1, 0.15) is 29.8 Å². The van der Waals surface area contributed by atoms with Crippen LogP contribution in [0.15, 0.2) is 35.7 Å². The molecule has 0 aliphatic rings. The van der Waals surface area contributed by atoms with Crippen LogP contribution in [0.2, 0.25) is 0 Å². The van der Waals surface area contributed by atoms with E-state index in [2.05, 4.69) is 10.6 Å². The molecule has 0 spiro atoms. The quantitative estimate of drug-likeness (QED) is 0.691. The third-order valence-electron chi connectivity index (χ3n) is 3.71.